The highest BCUT2D eigenvalue weighted by atomic mass is 32.2. The molecule has 1 atom stereocenters. The summed E-state index contributed by atoms with van der Waals surface area (Å²) in [5.41, 5.74) is 2.32. The number of hydrogen-bond acceptors (Lipinski definition) is 4. The molecule has 4 nitrogen and oxygen atoms in total. The van der Waals surface area contributed by atoms with Gasteiger partial charge in [-0.1, -0.05) is 18.9 Å². The van der Waals surface area contributed by atoms with Crippen LogP contribution in [0.15, 0.2) is 35.2 Å². The van der Waals surface area contributed by atoms with E-state index in [4.69, 9.17) is 0 Å². The topological polar surface area (TPSA) is 66.4 Å². The van der Waals surface area contributed by atoms with Gasteiger partial charge in [0.25, 0.3) is 0 Å². The second-order valence-corrected chi connectivity index (χ2v) is 11.2. The van der Waals surface area contributed by atoms with Crippen LogP contribution in [0.2, 0.25) is 0 Å². The molecule has 1 saturated carbocycles. The van der Waals surface area contributed by atoms with Crippen LogP contribution in [-0.2, 0) is 28.3 Å². The zero-order chi connectivity index (χ0) is 19.8. The van der Waals surface area contributed by atoms with Gasteiger partial charge in [0, 0.05) is 21.7 Å². The second kappa shape index (κ2) is 7.90. The van der Waals surface area contributed by atoms with Crippen molar-refractivity contribution in [3.8, 4) is 0 Å². The van der Waals surface area contributed by atoms with Gasteiger partial charge in [-0.3, -0.25) is 0 Å². The average Bonchev–Trinajstić information content (AvgIpc) is 3.36. The normalized spacial score (nSPS) is 20.1. The van der Waals surface area contributed by atoms with Gasteiger partial charge in [-0.15, -0.1) is 11.3 Å². The summed E-state index contributed by atoms with van der Waals surface area (Å²) >= 11 is 1.62. The first-order valence-corrected chi connectivity index (χ1v) is 12.6. The molecule has 0 spiro atoms. The molecule has 4 rings (SSSR count). The Labute approximate surface area is 172 Å². The van der Waals surface area contributed by atoms with E-state index in [1.54, 1.807) is 24.3 Å². The Kier molecular flexibility index (Phi) is 5.67. The van der Waals surface area contributed by atoms with Crippen molar-refractivity contribution < 1.29 is 13.5 Å². The molecule has 2 N–H and O–H groups in total. The fourth-order valence-electron chi connectivity index (χ4n) is 4.62. The summed E-state index contributed by atoms with van der Waals surface area (Å²) in [7, 11) is -3.53. The highest BCUT2D eigenvalue weighted by Crippen LogP contribution is 2.44. The number of sulfonamides is 1. The van der Waals surface area contributed by atoms with E-state index in [9.17, 15) is 13.5 Å². The van der Waals surface area contributed by atoms with Crippen LogP contribution in [0.4, 0.5) is 0 Å². The SMILES string of the molecule is CC(O)c1ccc(C2(CNS(=O)(=O)c3ccc4c(c3)CCCC4)CCCC2)s1. The molecule has 1 unspecified atom stereocenters. The van der Waals surface area contributed by atoms with Crippen LogP contribution >= 0.6 is 11.3 Å². The lowest BCUT2D eigenvalue weighted by atomic mass is 9.85. The summed E-state index contributed by atoms with van der Waals surface area (Å²) in [6.07, 6.45) is 8.07. The number of hydrogen-bond donors (Lipinski definition) is 2. The van der Waals surface area contributed by atoms with Crippen LogP contribution in [0.25, 0.3) is 0 Å². The molecule has 1 fully saturated rings. The van der Waals surface area contributed by atoms with Crippen LogP contribution < -0.4 is 4.72 Å². The van der Waals surface area contributed by atoms with E-state index in [2.05, 4.69) is 10.8 Å². The zero-order valence-electron chi connectivity index (χ0n) is 16.4. The van der Waals surface area contributed by atoms with E-state index < -0.39 is 16.1 Å². The number of aryl methyl sites for hydroxylation is 2. The molecule has 152 valence electrons. The molecule has 2 aliphatic rings. The van der Waals surface area contributed by atoms with Gasteiger partial charge in [0.2, 0.25) is 10.0 Å². The van der Waals surface area contributed by atoms with Crippen molar-refractivity contribution in [1.82, 2.24) is 4.72 Å². The summed E-state index contributed by atoms with van der Waals surface area (Å²) < 4.78 is 28.9. The van der Waals surface area contributed by atoms with Crippen molar-refractivity contribution in [1.29, 1.82) is 0 Å². The Bertz CT molecular complexity index is 940. The van der Waals surface area contributed by atoms with E-state index >= 15 is 0 Å². The van der Waals surface area contributed by atoms with Gasteiger partial charge >= 0.3 is 0 Å². The Morgan fingerprint density at radius 1 is 1.07 bits per heavy atom. The molecule has 2 aliphatic carbocycles. The molecular formula is C22H29NO3S2. The first-order valence-electron chi connectivity index (χ1n) is 10.3. The lowest BCUT2D eigenvalue weighted by Crippen LogP contribution is -2.38. The van der Waals surface area contributed by atoms with E-state index in [-0.39, 0.29) is 5.41 Å². The lowest BCUT2D eigenvalue weighted by Gasteiger charge is -2.28. The summed E-state index contributed by atoms with van der Waals surface area (Å²) in [6.45, 7) is 2.20. The maximum absolute atomic E-state index is 13.0. The maximum atomic E-state index is 13.0. The predicted octanol–water partition coefficient (Wildman–Crippen LogP) is 4.47. The Balaban J connectivity index is 1.55. The second-order valence-electron chi connectivity index (χ2n) is 8.33. The highest BCUT2D eigenvalue weighted by molar-refractivity contribution is 7.89. The Morgan fingerprint density at radius 2 is 1.79 bits per heavy atom. The molecule has 6 heteroatoms. The largest absolute Gasteiger partial charge is 0.388 e. The summed E-state index contributed by atoms with van der Waals surface area (Å²) in [5, 5.41) is 9.87. The number of benzene rings is 1. The molecule has 1 heterocycles. The van der Waals surface area contributed by atoms with Crippen LogP contribution in [0.3, 0.4) is 0 Å². The van der Waals surface area contributed by atoms with E-state index in [0.29, 0.717) is 11.4 Å². The van der Waals surface area contributed by atoms with Crippen LogP contribution in [0.1, 0.15) is 72.4 Å². The minimum absolute atomic E-state index is 0.154. The van der Waals surface area contributed by atoms with Crippen molar-refractivity contribution in [3.05, 3.63) is 51.2 Å². The number of fused-ring (bicyclic) bond motifs is 1. The number of nitrogens with one attached hydrogen (secondary N) is 1. The third-order valence-corrected chi connectivity index (χ3v) is 9.25. The van der Waals surface area contributed by atoms with Crippen LogP contribution in [0, 0.1) is 0 Å². The maximum Gasteiger partial charge on any atom is 0.240 e. The first-order chi connectivity index (χ1) is 13.4. The standard InChI is InChI=1S/C22H29NO3S2/c1-16(24)20-10-11-21(27-20)22(12-4-5-13-22)15-23-28(25,26)19-9-8-17-6-2-3-7-18(17)14-19/h8-11,14,16,23-24H,2-7,12-13,15H2,1H3. The first kappa shape index (κ1) is 20.1. The fraction of sp³-hybridized carbons (Fsp3) is 0.545. The molecule has 0 aliphatic heterocycles. The van der Waals surface area contributed by atoms with Gasteiger partial charge in [-0.2, -0.15) is 0 Å². The lowest BCUT2D eigenvalue weighted by molar-refractivity contribution is 0.203. The quantitative estimate of drug-likeness (QED) is 0.726. The van der Waals surface area contributed by atoms with Gasteiger partial charge in [0.15, 0.2) is 0 Å². The van der Waals surface area contributed by atoms with Crippen molar-refractivity contribution >= 4 is 21.4 Å². The van der Waals surface area contributed by atoms with Crippen LogP contribution in [0.5, 0.6) is 0 Å². The van der Waals surface area contributed by atoms with Crippen molar-refractivity contribution in [3.63, 3.8) is 0 Å². The van der Waals surface area contributed by atoms with Gasteiger partial charge in [0.1, 0.15) is 0 Å². The van der Waals surface area contributed by atoms with Crippen molar-refractivity contribution in [2.24, 2.45) is 0 Å². The molecule has 0 amide bonds. The third kappa shape index (κ3) is 3.92. The van der Waals surface area contributed by atoms with Gasteiger partial charge in [-0.25, -0.2) is 13.1 Å². The summed E-state index contributed by atoms with van der Waals surface area (Å²) in [4.78, 5) is 2.52. The Hall–Kier alpha value is -1.21. The molecule has 0 bridgehead atoms. The fourth-order valence-corrected chi connectivity index (χ4v) is 6.98. The summed E-state index contributed by atoms with van der Waals surface area (Å²) in [5.74, 6) is 0. The molecule has 0 saturated heterocycles. The molecule has 0 radical (unpaired) electrons. The number of aliphatic hydroxyl groups is 1. The van der Waals surface area contributed by atoms with Gasteiger partial charge in [-0.05, 0) is 80.8 Å². The smallest absolute Gasteiger partial charge is 0.240 e. The average molecular weight is 420 g/mol. The highest BCUT2D eigenvalue weighted by Gasteiger charge is 2.38. The van der Waals surface area contributed by atoms with Crippen molar-refractivity contribution in [2.45, 2.75) is 74.7 Å². The molecule has 2 aromatic rings. The molecule has 28 heavy (non-hydrogen) atoms. The minimum Gasteiger partial charge on any atom is -0.388 e. The molecule has 1 aromatic carbocycles. The van der Waals surface area contributed by atoms with Gasteiger partial charge in [0.05, 0.1) is 11.0 Å². The number of rotatable bonds is 6. The molecule has 1 aromatic heterocycles. The third-order valence-electron chi connectivity index (χ3n) is 6.35. The zero-order valence-corrected chi connectivity index (χ0v) is 18.0. The molecular weight excluding hydrogens is 390 g/mol. The van der Waals surface area contributed by atoms with E-state index in [1.807, 2.05) is 18.2 Å². The Morgan fingerprint density at radius 3 is 2.46 bits per heavy atom. The van der Waals surface area contributed by atoms with E-state index in [1.165, 1.54) is 22.4 Å². The van der Waals surface area contributed by atoms with Gasteiger partial charge < -0.3 is 5.11 Å². The predicted molar refractivity (Wildman–Crippen MR) is 113 cm³/mol. The monoisotopic (exact) mass is 419 g/mol. The van der Waals surface area contributed by atoms with Crippen molar-refractivity contribution in [2.75, 3.05) is 6.54 Å². The number of thiophene rings is 1. The van der Waals surface area contributed by atoms with Crippen LogP contribution in [-0.4, -0.2) is 20.1 Å². The summed E-state index contributed by atoms with van der Waals surface area (Å²) in [6, 6.07) is 9.66. The number of aliphatic hydroxyl groups excluding tert-OH is 1. The van der Waals surface area contributed by atoms with E-state index in [0.717, 1.165) is 49.8 Å². The minimum atomic E-state index is -3.53.